The minimum absolute atomic E-state index is 0.0584. The quantitative estimate of drug-likeness (QED) is 0.176. The number of rotatable bonds is 6. The fraction of sp³-hybridized carbons (Fsp3) is 0.120. The minimum Gasteiger partial charge on any atom is -0.496 e. The Hall–Kier alpha value is -2.84. The van der Waals surface area contributed by atoms with Gasteiger partial charge in [0, 0.05) is 25.7 Å². The molecule has 0 aromatic heterocycles. The summed E-state index contributed by atoms with van der Waals surface area (Å²) in [5.74, 6) is -0.224. The average molecular weight is 641 g/mol. The van der Waals surface area contributed by atoms with Gasteiger partial charge in [0.05, 0.1) is 12.7 Å². The van der Waals surface area contributed by atoms with Crippen LogP contribution in [0.4, 0.5) is 18.9 Å². The Morgan fingerprint density at radius 2 is 1.91 bits per heavy atom. The third kappa shape index (κ3) is 6.39. The number of benzene rings is 3. The highest BCUT2D eigenvalue weighted by atomic mass is 127. The van der Waals surface area contributed by atoms with Crippen LogP contribution < -0.4 is 10.1 Å². The first-order valence-corrected chi connectivity index (χ1v) is 11.7. The summed E-state index contributed by atoms with van der Waals surface area (Å²) in [6, 6.07) is 17.4. The van der Waals surface area contributed by atoms with Gasteiger partial charge >= 0.3 is 6.18 Å². The van der Waals surface area contributed by atoms with Gasteiger partial charge in [-0.15, -0.1) is 0 Å². The highest BCUT2D eigenvalue weighted by Crippen LogP contribution is 2.32. The van der Waals surface area contributed by atoms with Crippen molar-refractivity contribution >= 4 is 56.2 Å². The van der Waals surface area contributed by atoms with Crippen molar-refractivity contribution in [3.63, 3.8) is 0 Å². The van der Waals surface area contributed by atoms with Crippen LogP contribution in [0.1, 0.15) is 22.3 Å². The molecule has 0 radical (unpaired) electrons. The van der Waals surface area contributed by atoms with Crippen molar-refractivity contribution in [3.8, 4) is 11.8 Å². The highest BCUT2D eigenvalue weighted by molar-refractivity contribution is 14.1. The average Bonchev–Trinajstić information content (AvgIpc) is 2.79. The molecule has 4 nitrogen and oxygen atoms in total. The number of ether oxygens (including phenoxy) is 1. The molecule has 0 atom stereocenters. The van der Waals surface area contributed by atoms with Gasteiger partial charge < -0.3 is 10.1 Å². The van der Waals surface area contributed by atoms with Gasteiger partial charge in [0.15, 0.2) is 0 Å². The lowest BCUT2D eigenvalue weighted by molar-refractivity contribution is -0.137. The van der Waals surface area contributed by atoms with Crippen molar-refractivity contribution in [2.45, 2.75) is 12.6 Å². The zero-order chi connectivity index (χ0) is 24.9. The van der Waals surface area contributed by atoms with Crippen molar-refractivity contribution in [2.75, 3.05) is 12.4 Å². The molecule has 0 aliphatic rings. The standard InChI is InChI=1S/C25H17BrF3IN2O2/c1-34-23-11-15(10-22(30)20(23)12-16-5-2-3-8-21(16)26)9-17(14-31)24(33)32-19-7-4-6-18(13-19)25(27,28)29/h2-11,13H,12H2,1H3,(H,32,33)/b17-9+. The van der Waals surface area contributed by atoms with E-state index in [1.807, 2.05) is 36.4 Å². The van der Waals surface area contributed by atoms with Crippen LogP contribution in [0.25, 0.3) is 6.08 Å². The number of anilines is 1. The maximum absolute atomic E-state index is 12.9. The van der Waals surface area contributed by atoms with Gasteiger partial charge in [0.2, 0.25) is 0 Å². The van der Waals surface area contributed by atoms with Crippen LogP contribution in [-0.4, -0.2) is 13.0 Å². The predicted molar refractivity (Wildman–Crippen MR) is 136 cm³/mol. The second kappa shape index (κ2) is 11.1. The molecule has 0 aliphatic carbocycles. The topological polar surface area (TPSA) is 62.1 Å². The summed E-state index contributed by atoms with van der Waals surface area (Å²) in [4.78, 5) is 12.6. The first kappa shape index (κ1) is 25.8. The number of halogens is 5. The molecule has 34 heavy (non-hydrogen) atoms. The van der Waals surface area contributed by atoms with Crippen LogP contribution >= 0.6 is 38.5 Å². The summed E-state index contributed by atoms with van der Waals surface area (Å²) in [5.41, 5.74) is 1.35. The molecule has 0 aliphatic heterocycles. The molecular weight excluding hydrogens is 624 g/mol. The number of nitrogens with zero attached hydrogens (tertiary/aromatic N) is 1. The van der Waals surface area contributed by atoms with Crippen LogP contribution in [0.3, 0.4) is 0 Å². The van der Waals surface area contributed by atoms with E-state index in [2.05, 4.69) is 43.8 Å². The van der Waals surface area contributed by atoms with Gasteiger partial charge in [0.1, 0.15) is 17.4 Å². The normalized spacial score (nSPS) is 11.6. The van der Waals surface area contributed by atoms with Crippen molar-refractivity contribution in [2.24, 2.45) is 0 Å². The fourth-order valence-electron chi connectivity index (χ4n) is 3.19. The molecule has 174 valence electrons. The number of nitriles is 1. The predicted octanol–water partition coefficient (Wildman–Crippen LogP) is 7.22. The third-order valence-electron chi connectivity index (χ3n) is 4.85. The summed E-state index contributed by atoms with van der Waals surface area (Å²) in [6.07, 6.45) is -2.57. The lowest BCUT2D eigenvalue weighted by Gasteiger charge is -2.14. The van der Waals surface area contributed by atoms with E-state index in [0.29, 0.717) is 17.7 Å². The molecule has 0 spiro atoms. The van der Waals surface area contributed by atoms with E-state index >= 15 is 0 Å². The Balaban J connectivity index is 1.88. The molecule has 1 N–H and O–H groups in total. The molecular formula is C25H17BrF3IN2O2. The van der Waals surface area contributed by atoms with Crippen LogP contribution in [0.5, 0.6) is 5.75 Å². The number of hydrogen-bond donors (Lipinski definition) is 1. The van der Waals surface area contributed by atoms with Crippen molar-refractivity contribution in [1.82, 2.24) is 0 Å². The minimum atomic E-state index is -4.54. The van der Waals surface area contributed by atoms with E-state index in [1.54, 1.807) is 6.07 Å². The zero-order valence-electron chi connectivity index (χ0n) is 17.7. The molecule has 0 saturated carbocycles. The maximum Gasteiger partial charge on any atom is 0.416 e. The zero-order valence-corrected chi connectivity index (χ0v) is 21.5. The molecule has 0 saturated heterocycles. The van der Waals surface area contributed by atoms with E-state index in [1.165, 1.54) is 25.3 Å². The second-order valence-electron chi connectivity index (χ2n) is 7.15. The van der Waals surface area contributed by atoms with Gasteiger partial charge in [-0.25, -0.2) is 0 Å². The van der Waals surface area contributed by atoms with E-state index in [-0.39, 0.29) is 11.3 Å². The summed E-state index contributed by atoms with van der Waals surface area (Å²) >= 11 is 5.71. The Kier molecular flexibility index (Phi) is 8.38. The summed E-state index contributed by atoms with van der Waals surface area (Å²) in [6.45, 7) is 0. The van der Waals surface area contributed by atoms with Gasteiger partial charge in [-0.05, 0) is 76.2 Å². The molecule has 3 rings (SSSR count). The fourth-order valence-corrected chi connectivity index (χ4v) is 4.43. The Morgan fingerprint density at radius 3 is 2.56 bits per heavy atom. The van der Waals surface area contributed by atoms with Crippen LogP contribution in [0.2, 0.25) is 0 Å². The van der Waals surface area contributed by atoms with Crippen molar-refractivity contribution < 1.29 is 22.7 Å². The van der Waals surface area contributed by atoms with Crippen LogP contribution in [-0.2, 0) is 17.4 Å². The Bertz CT molecular complexity index is 1300. The van der Waals surface area contributed by atoms with Crippen molar-refractivity contribution in [1.29, 1.82) is 5.26 Å². The molecule has 0 fully saturated rings. The second-order valence-corrected chi connectivity index (χ2v) is 9.17. The van der Waals surface area contributed by atoms with E-state index in [4.69, 9.17) is 4.74 Å². The number of amides is 1. The number of alkyl halides is 3. The SMILES string of the molecule is COc1cc(/C=C(\C#N)C(=O)Nc2cccc(C(F)(F)F)c2)cc(I)c1Cc1ccccc1Br. The van der Waals surface area contributed by atoms with E-state index in [9.17, 15) is 23.2 Å². The smallest absolute Gasteiger partial charge is 0.416 e. The molecule has 3 aromatic carbocycles. The van der Waals surface area contributed by atoms with E-state index < -0.39 is 17.6 Å². The summed E-state index contributed by atoms with van der Waals surface area (Å²) < 4.78 is 46.2. The number of carbonyl (C=O) groups excluding carboxylic acids is 1. The third-order valence-corrected chi connectivity index (χ3v) is 6.58. The molecule has 0 unspecified atom stereocenters. The molecule has 3 aromatic rings. The first-order chi connectivity index (χ1) is 16.1. The Morgan fingerprint density at radius 1 is 1.18 bits per heavy atom. The lowest BCUT2D eigenvalue weighted by atomic mass is 10.0. The maximum atomic E-state index is 12.9. The van der Waals surface area contributed by atoms with Gasteiger partial charge in [-0.1, -0.05) is 40.2 Å². The first-order valence-electron chi connectivity index (χ1n) is 9.82. The number of hydrogen-bond acceptors (Lipinski definition) is 3. The van der Waals surface area contributed by atoms with Gasteiger partial charge in [0.25, 0.3) is 5.91 Å². The molecule has 0 heterocycles. The van der Waals surface area contributed by atoms with E-state index in [0.717, 1.165) is 31.3 Å². The molecule has 9 heteroatoms. The monoisotopic (exact) mass is 640 g/mol. The van der Waals surface area contributed by atoms with Crippen molar-refractivity contribution in [3.05, 3.63) is 96.5 Å². The van der Waals surface area contributed by atoms with Crippen LogP contribution in [0.15, 0.2) is 70.7 Å². The molecule has 1 amide bonds. The van der Waals surface area contributed by atoms with Crippen LogP contribution in [0, 0.1) is 14.9 Å². The van der Waals surface area contributed by atoms with Gasteiger partial charge in [-0.2, -0.15) is 18.4 Å². The van der Waals surface area contributed by atoms with Gasteiger partial charge in [-0.3, -0.25) is 4.79 Å². The molecule has 0 bridgehead atoms. The summed E-state index contributed by atoms with van der Waals surface area (Å²) in [5, 5.41) is 11.8. The summed E-state index contributed by atoms with van der Waals surface area (Å²) in [7, 11) is 1.54. The largest absolute Gasteiger partial charge is 0.496 e. The number of methoxy groups -OCH3 is 1. The highest BCUT2D eigenvalue weighted by Gasteiger charge is 2.30. The lowest BCUT2D eigenvalue weighted by Crippen LogP contribution is -2.14. The number of nitrogens with one attached hydrogen (secondary N) is 1. The number of carbonyl (C=O) groups is 1. The Labute approximate surface area is 216 Å².